The number of nitrogens with one attached hydrogen (secondary N) is 2. The van der Waals surface area contributed by atoms with E-state index in [-0.39, 0.29) is 29.6 Å². The lowest BCUT2D eigenvalue weighted by molar-refractivity contribution is -0.118. The van der Waals surface area contributed by atoms with Gasteiger partial charge in [-0.25, -0.2) is 4.39 Å². The zero-order valence-corrected chi connectivity index (χ0v) is 23.7. The molecule has 3 heterocycles. The molecule has 0 radical (unpaired) electrons. The number of para-hydroxylation sites is 1. The molecule has 42 heavy (non-hydrogen) atoms. The Morgan fingerprint density at radius 1 is 0.976 bits per heavy atom. The SMILES string of the molecule is O=C(COc1ccccc1)Nc1ccc(N2C(=S)N[C@@H](c3ccccn3)[C@@H]2c2cccn2-c2ccc(F)c(Cl)c2)cc1. The smallest absolute Gasteiger partial charge is 0.262 e. The predicted octanol–water partition coefficient (Wildman–Crippen LogP) is 6.86. The molecule has 2 atom stereocenters. The summed E-state index contributed by atoms with van der Waals surface area (Å²) in [5, 5.41) is 6.87. The number of halogens is 2. The summed E-state index contributed by atoms with van der Waals surface area (Å²) in [6.07, 6.45) is 3.65. The summed E-state index contributed by atoms with van der Waals surface area (Å²) in [4.78, 5) is 19.1. The Bertz CT molecular complexity index is 1720. The van der Waals surface area contributed by atoms with Crippen molar-refractivity contribution < 1.29 is 13.9 Å². The fraction of sp³-hybridized carbons (Fsp3) is 0.0938. The lowest BCUT2D eigenvalue weighted by atomic mass is 10.0. The van der Waals surface area contributed by atoms with Crippen LogP contribution in [-0.4, -0.2) is 27.2 Å². The number of carbonyl (C=O) groups is 1. The molecule has 1 amide bonds. The fourth-order valence-corrected chi connectivity index (χ4v) is 5.53. The van der Waals surface area contributed by atoms with Crippen LogP contribution in [0.4, 0.5) is 15.8 Å². The second kappa shape index (κ2) is 12.0. The number of anilines is 2. The van der Waals surface area contributed by atoms with E-state index in [9.17, 15) is 9.18 Å². The first kappa shape index (κ1) is 27.4. The molecule has 10 heteroatoms. The van der Waals surface area contributed by atoms with Gasteiger partial charge in [0.05, 0.1) is 16.8 Å². The lowest BCUT2D eigenvalue weighted by Crippen LogP contribution is -2.30. The van der Waals surface area contributed by atoms with Crippen LogP contribution < -0.4 is 20.3 Å². The van der Waals surface area contributed by atoms with E-state index in [0.717, 1.165) is 22.8 Å². The van der Waals surface area contributed by atoms with E-state index in [4.69, 9.17) is 28.6 Å². The Balaban J connectivity index is 1.29. The first-order chi connectivity index (χ1) is 20.5. The van der Waals surface area contributed by atoms with Gasteiger partial charge in [0.25, 0.3) is 5.91 Å². The highest BCUT2D eigenvalue weighted by Crippen LogP contribution is 2.42. The minimum absolute atomic E-state index is 0.0390. The molecule has 2 N–H and O–H groups in total. The third-order valence-corrected chi connectivity index (χ3v) is 7.51. The molecule has 0 bridgehead atoms. The van der Waals surface area contributed by atoms with E-state index in [1.807, 2.05) is 88.5 Å². The van der Waals surface area contributed by atoms with Gasteiger partial charge in [-0.15, -0.1) is 0 Å². The van der Waals surface area contributed by atoms with E-state index in [1.54, 1.807) is 30.5 Å². The number of aromatic nitrogens is 2. The molecule has 1 fully saturated rings. The van der Waals surface area contributed by atoms with Gasteiger partial charge in [-0.05, 0) is 91.1 Å². The van der Waals surface area contributed by atoms with Gasteiger partial charge in [-0.3, -0.25) is 9.78 Å². The molecule has 0 unspecified atom stereocenters. The van der Waals surface area contributed by atoms with Crippen LogP contribution in [0.1, 0.15) is 23.5 Å². The zero-order chi connectivity index (χ0) is 29.1. The Kier molecular flexibility index (Phi) is 7.85. The number of hydrogen-bond donors (Lipinski definition) is 2. The minimum atomic E-state index is -0.482. The molecule has 5 aromatic rings. The zero-order valence-electron chi connectivity index (χ0n) is 22.2. The van der Waals surface area contributed by atoms with Crippen LogP contribution in [0.15, 0.2) is 116 Å². The Hall–Kier alpha value is -4.73. The summed E-state index contributed by atoms with van der Waals surface area (Å²) in [6.45, 7) is -0.107. The quantitative estimate of drug-likeness (QED) is 0.190. The molecule has 1 aliphatic rings. The van der Waals surface area contributed by atoms with Crippen molar-refractivity contribution in [2.24, 2.45) is 0 Å². The van der Waals surface area contributed by atoms with Crippen molar-refractivity contribution in [2.75, 3.05) is 16.8 Å². The molecule has 0 spiro atoms. The molecule has 2 aromatic heterocycles. The van der Waals surface area contributed by atoms with Crippen LogP contribution >= 0.6 is 23.8 Å². The molecule has 0 saturated carbocycles. The monoisotopic (exact) mass is 597 g/mol. The van der Waals surface area contributed by atoms with Gasteiger partial charge >= 0.3 is 0 Å². The topological polar surface area (TPSA) is 71.4 Å². The van der Waals surface area contributed by atoms with Crippen molar-refractivity contribution in [3.8, 4) is 11.4 Å². The number of carbonyl (C=O) groups excluding carboxylic acids is 1. The number of ether oxygens (including phenoxy) is 1. The summed E-state index contributed by atoms with van der Waals surface area (Å²) < 4.78 is 21.5. The van der Waals surface area contributed by atoms with Crippen molar-refractivity contribution in [1.82, 2.24) is 14.9 Å². The number of pyridine rings is 1. The molecular weight excluding hydrogens is 573 g/mol. The normalized spacial score (nSPS) is 16.2. The Morgan fingerprint density at radius 3 is 2.48 bits per heavy atom. The van der Waals surface area contributed by atoms with Gasteiger partial charge in [-0.1, -0.05) is 35.9 Å². The predicted molar refractivity (Wildman–Crippen MR) is 166 cm³/mol. The first-order valence-corrected chi connectivity index (χ1v) is 14.0. The maximum atomic E-state index is 14.0. The summed E-state index contributed by atoms with van der Waals surface area (Å²) in [7, 11) is 0. The molecule has 0 aliphatic carbocycles. The Morgan fingerprint density at radius 2 is 1.74 bits per heavy atom. The average Bonchev–Trinajstić information content (AvgIpc) is 3.63. The summed E-state index contributed by atoms with van der Waals surface area (Å²) in [6, 6.07) is 30.3. The highest BCUT2D eigenvalue weighted by atomic mass is 35.5. The van der Waals surface area contributed by atoms with Crippen molar-refractivity contribution in [3.05, 3.63) is 138 Å². The van der Waals surface area contributed by atoms with E-state index < -0.39 is 5.82 Å². The van der Waals surface area contributed by atoms with Crippen LogP contribution in [0.3, 0.4) is 0 Å². The van der Waals surface area contributed by atoms with Crippen molar-refractivity contribution in [2.45, 2.75) is 12.1 Å². The summed E-state index contributed by atoms with van der Waals surface area (Å²) in [5.41, 5.74) is 3.88. The molecule has 1 saturated heterocycles. The van der Waals surface area contributed by atoms with Gasteiger partial charge < -0.3 is 24.8 Å². The summed E-state index contributed by atoms with van der Waals surface area (Å²) >= 11 is 12.0. The molecule has 3 aromatic carbocycles. The van der Waals surface area contributed by atoms with E-state index >= 15 is 0 Å². The molecule has 1 aliphatic heterocycles. The molecule has 210 valence electrons. The van der Waals surface area contributed by atoms with Gasteiger partial charge in [0, 0.05) is 35.1 Å². The van der Waals surface area contributed by atoms with E-state index in [0.29, 0.717) is 16.5 Å². The van der Waals surface area contributed by atoms with Crippen LogP contribution in [0.25, 0.3) is 5.69 Å². The maximum Gasteiger partial charge on any atom is 0.262 e. The van der Waals surface area contributed by atoms with E-state index in [2.05, 4.69) is 15.6 Å². The van der Waals surface area contributed by atoms with Crippen molar-refractivity contribution in [3.63, 3.8) is 0 Å². The number of hydrogen-bond acceptors (Lipinski definition) is 4. The second-order valence-corrected chi connectivity index (χ2v) is 10.4. The Labute approximate surface area is 252 Å². The average molecular weight is 598 g/mol. The van der Waals surface area contributed by atoms with Crippen LogP contribution in [0.2, 0.25) is 5.02 Å². The second-order valence-electron chi connectivity index (χ2n) is 9.59. The highest BCUT2D eigenvalue weighted by molar-refractivity contribution is 7.80. The summed E-state index contributed by atoms with van der Waals surface area (Å²) in [5.74, 6) is -0.127. The van der Waals surface area contributed by atoms with Crippen LogP contribution in [0, 0.1) is 5.82 Å². The molecular formula is C32H25ClFN5O2S. The first-order valence-electron chi connectivity index (χ1n) is 13.2. The largest absolute Gasteiger partial charge is 0.484 e. The standard InChI is InChI=1S/C32H25ClFN5O2S/c33-25-19-23(15-16-26(25)34)38-18-6-10-28(38)31-30(27-9-4-5-17-35-27)37-32(42)39(31)22-13-11-21(12-14-22)36-29(40)20-41-24-7-2-1-3-8-24/h1-19,30-31H,20H2,(H,36,40)(H,37,42)/t30-,31-/m0/s1. The van der Waals surface area contributed by atoms with Gasteiger partial charge in [-0.2, -0.15) is 0 Å². The number of thiocarbonyl (C=S) groups is 1. The fourth-order valence-electron chi connectivity index (χ4n) is 5.01. The van der Waals surface area contributed by atoms with Gasteiger partial charge in [0.15, 0.2) is 11.7 Å². The van der Waals surface area contributed by atoms with Crippen LogP contribution in [-0.2, 0) is 4.79 Å². The minimum Gasteiger partial charge on any atom is -0.484 e. The number of nitrogens with zero attached hydrogens (tertiary/aromatic N) is 3. The van der Waals surface area contributed by atoms with Crippen molar-refractivity contribution in [1.29, 1.82) is 0 Å². The van der Waals surface area contributed by atoms with E-state index in [1.165, 1.54) is 6.07 Å². The highest BCUT2D eigenvalue weighted by Gasteiger charge is 2.42. The molecule has 6 rings (SSSR count). The molecule has 7 nitrogen and oxygen atoms in total. The third-order valence-electron chi connectivity index (χ3n) is 6.91. The number of rotatable bonds is 8. The van der Waals surface area contributed by atoms with Gasteiger partial charge in [0.1, 0.15) is 17.6 Å². The van der Waals surface area contributed by atoms with Crippen molar-refractivity contribution >= 4 is 46.2 Å². The van der Waals surface area contributed by atoms with Gasteiger partial charge in [0.2, 0.25) is 0 Å². The third kappa shape index (κ3) is 5.70. The number of benzene rings is 3. The van der Waals surface area contributed by atoms with Crippen LogP contribution in [0.5, 0.6) is 5.75 Å². The lowest BCUT2D eigenvalue weighted by Gasteiger charge is -2.29. The maximum absolute atomic E-state index is 14.0. The number of amides is 1.